The molecule has 156 valence electrons. The first-order valence-electron chi connectivity index (χ1n) is 10.8. The molecule has 0 bridgehead atoms. The normalized spacial score (nSPS) is 22.9. The summed E-state index contributed by atoms with van der Waals surface area (Å²) in [6.07, 6.45) is 12.1. The zero-order valence-electron chi connectivity index (χ0n) is 16.9. The molecular weight excluding hydrogens is 382 g/mol. The Hall–Kier alpha value is -2.97. The van der Waals surface area contributed by atoms with E-state index >= 15 is 0 Å². The Balaban J connectivity index is 1.25. The lowest BCUT2D eigenvalue weighted by atomic mass is 9.76. The van der Waals surface area contributed by atoms with Crippen LogP contribution in [0.1, 0.15) is 72.6 Å². The van der Waals surface area contributed by atoms with Gasteiger partial charge in [-0.15, -0.1) is 10.2 Å². The minimum absolute atomic E-state index is 0.0360. The molecule has 2 saturated carbocycles. The van der Waals surface area contributed by atoms with Crippen molar-refractivity contribution in [1.82, 2.24) is 34.4 Å². The fourth-order valence-electron chi connectivity index (χ4n) is 5.41. The molecule has 1 unspecified atom stereocenters. The molecule has 1 aliphatic heterocycles. The summed E-state index contributed by atoms with van der Waals surface area (Å²) in [6.45, 7) is 1.92. The van der Waals surface area contributed by atoms with E-state index in [0.29, 0.717) is 30.7 Å². The number of hydrogen-bond donors (Lipinski definition) is 0. The van der Waals surface area contributed by atoms with E-state index in [1.54, 1.807) is 17.1 Å². The lowest BCUT2D eigenvalue weighted by molar-refractivity contribution is 0.0739. The first kappa shape index (κ1) is 17.9. The fourth-order valence-corrected chi connectivity index (χ4v) is 5.41. The molecule has 3 aromatic heterocycles. The number of hydrogen-bond acceptors (Lipinski definition) is 6. The Morgan fingerprint density at radius 2 is 2.07 bits per heavy atom. The lowest BCUT2D eigenvalue weighted by Gasteiger charge is -2.29. The van der Waals surface area contributed by atoms with E-state index in [2.05, 4.69) is 24.8 Å². The highest BCUT2D eigenvalue weighted by Crippen LogP contribution is 2.54. The number of aromatic nitrogens is 6. The van der Waals surface area contributed by atoms with Crippen LogP contribution in [-0.2, 0) is 6.54 Å². The van der Waals surface area contributed by atoms with Crippen molar-refractivity contribution in [2.45, 2.75) is 57.0 Å². The van der Waals surface area contributed by atoms with Crippen molar-refractivity contribution in [3.63, 3.8) is 0 Å². The van der Waals surface area contributed by atoms with Crippen molar-refractivity contribution in [3.8, 4) is 0 Å². The number of amides is 1. The maximum Gasteiger partial charge on any atom is 0.289 e. The highest BCUT2D eigenvalue weighted by Gasteiger charge is 2.52. The summed E-state index contributed by atoms with van der Waals surface area (Å²) in [7, 11) is 0. The summed E-state index contributed by atoms with van der Waals surface area (Å²) >= 11 is 0. The summed E-state index contributed by atoms with van der Waals surface area (Å²) in [6, 6.07) is 4.16. The Morgan fingerprint density at radius 3 is 2.83 bits per heavy atom. The molecule has 3 aromatic rings. The van der Waals surface area contributed by atoms with Gasteiger partial charge in [-0.2, -0.15) is 5.10 Å². The van der Waals surface area contributed by atoms with Gasteiger partial charge in [0.15, 0.2) is 5.76 Å². The van der Waals surface area contributed by atoms with Crippen molar-refractivity contribution < 1.29 is 9.21 Å². The molecule has 9 nitrogen and oxygen atoms in total. The second-order valence-electron chi connectivity index (χ2n) is 8.99. The van der Waals surface area contributed by atoms with Gasteiger partial charge in [0.2, 0.25) is 0 Å². The molecule has 1 spiro atoms. The van der Waals surface area contributed by atoms with Crippen molar-refractivity contribution >= 4 is 5.91 Å². The third-order valence-electron chi connectivity index (χ3n) is 7.04. The zero-order chi connectivity index (χ0) is 20.1. The van der Waals surface area contributed by atoms with Gasteiger partial charge in [0.1, 0.15) is 37.1 Å². The van der Waals surface area contributed by atoms with Gasteiger partial charge in [0.25, 0.3) is 5.91 Å². The molecule has 0 N–H and O–H groups in total. The van der Waals surface area contributed by atoms with Crippen LogP contribution < -0.4 is 0 Å². The lowest BCUT2D eigenvalue weighted by Crippen LogP contribution is -2.31. The van der Waals surface area contributed by atoms with E-state index in [9.17, 15) is 4.79 Å². The maximum atomic E-state index is 13.3. The van der Waals surface area contributed by atoms with Crippen molar-refractivity contribution in [3.05, 3.63) is 48.5 Å². The van der Waals surface area contributed by atoms with Gasteiger partial charge in [-0.3, -0.25) is 4.79 Å². The molecule has 2 aliphatic carbocycles. The Labute approximate surface area is 174 Å². The first-order valence-corrected chi connectivity index (χ1v) is 10.8. The first-order chi connectivity index (χ1) is 14.7. The predicted molar refractivity (Wildman–Crippen MR) is 106 cm³/mol. The molecule has 1 amide bonds. The number of nitrogens with zero attached hydrogens (tertiary/aromatic N) is 7. The second kappa shape index (κ2) is 6.78. The third kappa shape index (κ3) is 2.95. The highest BCUT2D eigenvalue weighted by molar-refractivity contribution is 5.92. The van der Waals surface area contributed by atoms with Gasteiger partial charge in [0, 0.05) is 25.0 Å². The van der Waals surface area contributed by atoms with Crippen molar-refractivity contribution in [2.24, 2.45) is 5.41 Å². The smallest absolute Gasteiger partial charge is 0.289 e. The van der Waals surface area contributed by atoms with Crippen LogP contribution >= 0.6 is 0 Å². The van der Waals surface area contributed by atoms with Crippen LogP contribution in [-0.4, -0.2) is 53.4 Å². The predicted octanol–water partition coefficient (Wildman–Crippen LogP) is 2.65. The molecule has 1 atom stereocenters. The molecule has 9 heteroatoms. The van der Waals surface area contributed by atoms with Crippen LogP contribution in [0.15, 0.2) is 35.5 Å². The van der Waals surface area contributed by atoms with Crippen molar-refractivity contribution in [1.29, 1.82) is 0 Å². The topological polar surface area (TPSA) is 94.9 Å². The SMILES string of the molecule is O=C(c1ccc(Cn2cncn2)o1)N1CC(c2nncn2C2CC2)C2(CCCC2)C1. The minimum Gasteiger partial charge on any atom is -0.454 e. The van der Waals surface area contributed by atoms with E-state index in [1.165, 1.54) is 32.0 Å². The van der Waals surface area contributed by atoms with E-state index in [1.807, 2.05) is 17.3 Å². The van der Waals surface area contributed by atoms with Gasteiger partial charge >= 0.3 is 0 Å². The largest absolute Gasteiger partial charge is 0.454 e. The van der Waals surface area contributed by atoms with E-state index < -0.39 is 0 Å². The summed E-state index contributed by atoms with van der Waals surface area (Å²) in [5.41, 5.74) is 0.117. The minimum atomic E-state index is -0.0360. The Bertz CT molecular complexity index is 1040. The van der Waals surface area contributed by atoms with Crippen molar-refractivity contribution in [2.75, 3.05) is 13.1 Å². The maximum absolute atomic E-state index is 13.3. The average molecular weight is 407 g/mol. The number of carbonyl (C=O) groups is 1. The monoisotopic (exact) mass is 407 g/mol. The quantitative estimate of drug-likeness (QED) is 0.645. The average Bonchev–Trinajstić information content (AvgIpc) is 3.34. The third-order valence-corrected chi connectivity index (χ3v) is 7.04. The van der Waals surface area contributed by atoms with Crippen LogP contribution in [0.2, 0.25) is 0 Å². The molecular formula is C21H25N7O2. The van der Waals surface area contributed by atoms with Gasteiger partial charge in [-0.05, 0) is 43.2 Å². The van der Waals surface area contributed by atoms with Gasteiger partial charge < -0.3 is 13.9 Å². The Kier molecular flexibility index (Phi) is 4.04. The molecule has 0 aromatic carbocycles. The molecule has 6 rings (SSSR count). The van der Waals surface area contributed by atoms with E-state index in [-0.39, 0.29) is 17.2 Å². The van der Waals surface area contributed by atoms with Gasteiger partial charge in [-0.1, -0.05) is 12.8 Å². The van der Waals surface area contributed by atoms with Crippen LogP contribution in [0, 0.1) is 5.41 Å². The molecule has 4 heterocycles. The van der Waals surface area contributed by atoms with Crippen LogP contribution in [0.4, 0.5) is 0 Å². The number of rotatable bonds is 5. The molecule has 0 radical (unpaired) electrons. The van der Waals surface area contributed by atoms with Gasteiger partial charge in [-0.25, -0.2) is 9.67 Å². The van der Waals surface area contributed by atoms with E-state index in [4.69, 9.17) is 4.42 Å². The second-order valence-corrected chi connectivity index (χ2v) is 8.99. The molecule has 1 saturated heterocycles. The number of carbonyl (C=O) groups excluding carboxylic acids is 1. The molecule has 30 heavy (non-hydrogen) atoms. The van der Waals surface area contributed by atoms with Crippen LogP contribution in [0.25, 0.3) is 0 Å². The zero-order valence-corrected chi connectivity index (χ0v) is 16.9. The molecule has 3 aliphatic rings. The highest BCUT2D eigenvalue weighted by atomic mass is 16.4. The molecule has 3 fully saturated rings. The van der Waals surface area contributed by atoms with Crippen LogP contribution in [0.3, 0.4) is 0 Å². The summed E-state index contributed by atoms with van der Waals surface area (Å²) in [4.78, 5) is 19.2. The number of furan rings is 1. The summed E-state index contributed by atoms with van der Waals surface area (Å²) in [5, 5.41) is 12.8. The summed E-state index contributed by atoms with van der Waals surface area (Å²) < 4.78 is 9.81. The number of likely N-dealkylation sites (tertiary alicyclic amines) is 1. The standard InChI is InChI=1S/C21H25N7O2/c29-20(18-6-5-16(30-18)9-27-13-22-12-24-27)26-10-17(21(11-26)7-1-2-8-21)19-25-23-14-28(19)15-3-4-15/h5-6,12-15,17H,1-4,7-11H2. The van der Waals surface area contributed by atoms with Gasteiger partial charge in [0.05, 0.1) is 0 Å². The van der Waals surface area contributed by atoms with Crippen LogP contribution in [0.5, 0.6) is 0 Å². The Morgan fingerprint density at radius 1 is 1.20 bits per heavy atom. The summed E-state index contributed by atoms with van der Waals surface area (Å²) in [5.74, 6) is 2.37. The fraction of sp³-hybridized carbons (Fsp3) is 0.571. The van der Waals surface area contributed by atoms with E-state index in [0.717, 1.165) is 25.2 Å².